The first kappa shape index (κ1) is 21.7. The molecule has 0 saturated heterocycles. The molecule has 0 aliphatic carbocycles. The summed E-state index contributed by atoms with van der Waals surface area (Å²) in [7, 11) is 2.13. The van der Waals surface area contributed by atoms with Crippen LogP contribution in [0.5, 0.6) is 5.75 Å². The number of hydrogen-bond acceptors (Lipinski definition) is 4. The molecule has 1 aromatic heterocycles. The van der Waals surface area contributed by atoms with Crippen molar-refractivity contribution in [2.75, 3.05) is 32.2 Å². The topological polar surface area (TPSA) is 21.7 Å². The van der Waals surface area contributed by atoms with Gasteiger partial charge in [-0.3, -0.25) is 0 Å². The number of hydrogen-bond donors (Lipinski definition) is 0. The molecule has 2 rings (SSSR count). The molecule has 0 spiro atoms. The molecular formula is C22H33NO2SSi. The van der Waals surface area contributed by atoms with Crippen LogP contribution in [0.2, 0.25) is 18.1 Å². The van der Waals surface area contributed by atoms with E-state index in [1.54, 1.807) is 18.4 Å². The van der Waals surface area contributed by atoms with Gasteiger partial charge in [0.25, 0.3) is 0 Å². The van der Waals surface area contributed by atoms with E-state index in [0.29, 0.717) is 0 Å². The smallest absolute Gasteiger partial charge is 0.192 e. The van der Waals surface area contributed by atoms with Gasteiger partial charge in [-0.1, -0.05) is 26.8 Å². The van der Waals surface area contributed by atoms with E-state index in [4.69, 9.17) is 9.16 Å². The summed E-state index contributed by atoms with van der Waals surface area (Å²) in [4.78, 5) is 3.46. The van der Waals surface area contributed by atoms with Crippen molar-refractivity contribution in [3.05, 3.63) is 46.2 Å². The van der Waals surface area contributed by atoms with Crippen molar-refractivity contribution in [2.24, 2.45) is 0 Å². The van der Waals surface area contributed by atoms with E-state index < -0.39 is 8.32 Å². The van der Waals surface area contributed by atoms with Crippen LogP contribution in [-0.4, -0.2) is 35.6 Å². The predicted octanol–water partition coefficient (Wildman–Crippen LogP) is 6.39. The quantitative estimate of drug-likeness (QED) is 0.477. The van der Waals surface area contributed by atoms with Crippen molar-refractivity contribution >= 4 is 37.5 Å². The summed E-state index contributed by atoms with van der Waals surface area (Å²) >= 11 is 1.73. The number of benzene rings is 1. The monoisotopic (exact) mass is 403 g/mol. The molecule has 148 valence electrons. The van der Waals surface area contributed by atoms with Crippen LogP contribution >= 0.6 is 11.3 Å². The van der Waals surface area contributed by atoms with Gasteiger partial charge < -0.3 is 14.1 Å². The van der Waals surface area contributed by atoms with Gasteiger partial charge in [0, 0.05) is 35.8 Å². The Hall–Kier alpha value is -1.56. The zero-order valence-corrected chi connectivity index (χ0v) is 19.5. The average molecular weight is 404 g/mol. The number of thiophene rings is 1. The van der Waals surface area contributed by atoms with Gasteiger partial charge in [-0.2, -0.15) is 0 Å². The third-order valence-corrected chi connectivity index (χ3v) is 10.7. The maximum Gasteiger partial charge on any atom is 0.192 e. The Balaban J connectivity index is 2.01. The Morgan fingerprint density at radius 2 is 1.89 bits per heavy atom. The molecule has 5 heteroatoms. The number of likely N-dealkylation sites (N-methyl/N-ethyl adjacent to an activating group) is 1. The number of rotatable bonds is 8. The first-order chi connectivity index (χ1) is 12.6. The summed E-state index contributed by atoms with van der Waals surface area (Å²) in [6, 6.07) is 10.5. The lowest BCUT2D eigenvalue weighted by Gasteiger charge is -2.36. The summed E-state index contributed by atoms with van der Waals surface area (Å²) in [5.41, 5.74) is 2.22. The zero-order valence-electron chi connectivity index (χ0n) is 17.7. The Labute approximate surface area is 169 Å². The minimum atomic E-state index is -1.70. The van der Waals surface area contributed by atoms with Crippen molar-refractivity contribution in [3.63, 3.8) is 0 Å². The molecule has 0 saturated carbocycles. The molecule has 0 bridgehead atoms. The summed E-state index contributed by atoms with van der Waals surface area (Å²) < 4.78 is 11.9. The van der Waals surface area contributed by atoms with Crippen LogP contribution in [0.1, 0.15) is 31.2 Å². The molecule has 0 atom stereocenters. The van der Waals surface area contributed by atoms with Crippen LogP contribution in [0.3, 0.4) is 0 Å². The molecule has 0 aliphatic heterocycles. The second-order valence-electron chi connectivity index (χ2n) is 8.31. The third kappa shape index (κ3) is 5.96. The van der Waals surface area contributed by atoms with Gasteiger partial charge in [-0.15, -0.1) is 11.3 Å². The number of nitrogens with zero attached hydrogens (tertiary/aromatic N) is 1. The maximum absolute atomic E-state index is 6.30. The molecule has 0 unspecified atom stereocenters. The SMILES string of the molecule is COc1cc(N(C)CCO[Si](C)(C)C(C)(C)C)ccc1C=Cc1cccs1. The summed E-state index contributed by atoms with van der Waals surface area (Å²) in [5, 5.41) is 2.33. The van der Waals surface area contributed by atoms with Crippen LogP contribution in [-0.2, 0) is 4.43 Å². The van der Waals surface area contributed by atoms with Crippen LogP contribution in [0.4, 0.5) is 5.69 Å². The van der Waals surface area contributed by atoms with Crippen LogP contribution in [0.15, 0.2) is 35.7 Å². The minimum Gasteiger partial charge on any atom is -0.496 e. The summed E-state index contributed by atoms with van der Waals surface area (Å²) in [5.74, 6) is 0.887. The van der Waals surface area contributed by atoms with E-state index in [1.807, 2.05) is 0 Å². The van der Waals surface area contributed by atoms with Gasteiger partial charge in [0.2, 0.25) is 0 Å². The molecule has 1 aromatic carbocycles. The highest BCUT2D eigenvalue weighted by molar-refractivity contribution is 7.10. The lowest BCUT2D eigenvalue weighted by Crippen LogP contribution is -2.42. The summed E-state index contributed by atoms with van der Waals surface area (Å²) in [6.45, 7) is 13.0. The predicted molar refractivity (Wildman–Crippen MR) is 123 cm³/mol. The standard InChI is InChI=1S/C22H33NO2SSi/c1-22(2,3)27(6,7)25-15-14-23(4)19-12-10-18(21(17-19)24-5)11-13-20-9-8-16-26-20/h8-13,16-17H,14-15H2,1-7H3. The Bertz CT molecular complexity index is 748. The lowest BCUT2D eigenvalue weighted by atomic mass is 10.1. The number of methoxy groups -OCH3 is 1. The van der Waals surface area contributed by atoms with E-state index >= 15 is 0 Å². The van der Waals surface area contributed by atoms with Crippen LogP contribution in [0, 0.1) is 0 Å². The highest BCUT2D eigenvalue weighted by Gasteiger charge is 2.36. The first-order valence-corrected chi connectivity index (χ1v) is 13.2. The molecule has 0 radical (unpaired) electrons. The highest BCUT2D eigenvalue weighted by atomic mass is 32.1. The van der Waals surface area contributed by atoms with Gasteiger partial charge in [-0.25, -0.2) is 0 Å². The van der Waals surface area contributed by atoms with Gasteiger partial charge in [0.1, 0.15) is 5.75 Å². The Morgan fingerprint density at radius 1 is 1.15 bits per heavy atom. The van der Waals surface area contributed by atoms with Crippen LogP contribution in [0.25, 0.3) is 12.2 Å². The zero-order chi connectivity index (χ0) is 20.1. The van der Waals surface area contributed by atoms with Crippen molar-refractivity contribution in [1.82, 2.24) is 0 Å². The molecule has 0 N–H and O–H groups in total. The van der Waals surface area contributed by atoms with Crippen LogP contribution < -0.4 is 9.64 Å². The number of anilines is 1. The van der Waals surface area contributed by atoms with Gasteiger partial charge >= 0.3 is 0 Å². The van der Waals surface area contributed by atoms with E-state index in [2.05, 4.69) is 93.7 Å². The molecular weight excluding hydrogens is 370 g/mol. The van der Waals surface area contributed by atoms with Gasteiger partial charge in [-0.05, 0) is 53.9 Å². The van der Waals surface area contributed by atoms with E-state index in [9.17, 15) is 0 Å². The highest BCUT2D eigenvalue weighted by Crippen LogP contribution is 2.36. The van der Waals surface area contributed by atoms with Crippen molar-refractivity contribution < 1.29 is 9.16 Å². The normalized spacial score (nSPS) is 12.6. The average Bonchev–Trinajstić information content (AvgIpc) is 3.12. The van der Waals surface area contributed by atoms with Crippen molar-refractivity contribution in [3.8, 4) is 5.75 Å². The number of ether oxygens (including phenoxy) is 1. The second-order valence-corrected chi connectivity index (χ2v) is 14.1. The fraction of sp³-hybridized carbons (Fsp3) is 0.455. The molecule has 27 heavy (non-hydrogen) atoms. The molecule has 0 aliphatic rings. The Morgan fingerprint density at radius 3 is 2.48 bits per heavy atom. The van der Waals surface area contributed by atoms with Gasteiger partial charge in [0.15, 0.2) is 8.32 Å². The molecule has 0 amide bonds. The van der Waals surface area contributed by atoms with E-state index in [-0.39, 0.29) is 5.04 Å². The first-order valence-electron chi connectivity index (χ1n) is 9.39. The molecule has 0 fully saturated rings. The lowest BCUT2D eigenvalue weighted by molar-refractivity contribution is 0.296. The third-order valence-electron chi connectivity index (χ3n) is 5.32. The van der Waals surface area contributed by atoms with Crippen molar-refractivity contribution in [1.29, 1.82) is 0 Å². The Kier molecular flexibility index (Phi) is 7.31. The maximum atomic E-state index is 6.30. The van der Waals surface area contributed by atoms with E-state index in [0.717, 1.165) is 30.2 Å². The second kappa shape index (κ2) is 9.09. The fourth-order valence-corrected chi connectivity index (χ4v) is 4.07. The minimum absolute atomic E-state index is 0.241. The van der Waals surface area contributed by atoms with E-state index in [1.165, 1.54) is 4.88 Å². The fourth-order valence-electron chi connectivity index (χ4n) is 2.42. The van der Waals surface area contributed by atoms with Gasteiger partial charge in [0.05, 0.1) is 13.7 Å². The van der Waals surface area contributed by atoms with Crippen molar-refractivity contribution in [2.45, 2.75) is 38.9 Å². The summed E-state index contributed by atoms with van der Waals surface area (Å²) in [6.07, 6.45) is 4.23. The molecule has 3 nitrogen and oxygen atoms in total. The molecule has 2 aromatic rings. The molecule has 1 heterocycles. The largest absolute Gasteiger partial charge is 0.496 e.